The Morgan fingerprint density at radius 1 is 1.31 bits per heavy atom. The molecule has 0 aliphatic carbocycles. The molecule has 7 N–H and O–H groups in total. The van der Waals surface area contributed by atoms with Gasteiger partial charge in [-0.2, -0.15) is 0 Å². The van der Waals surface area contributed by atoms with Gasteiger partial charge >= 0.3 is 5.97 Å². The number of unbranched alkanes of at least 4 members (excludes halogenated alkanes) is 1. The highest BCUT2D eigenvalue weighted by molar-refractivity contribution is 5.86. The highest BCUT2D eigenvalue weighted by atomic mass is 16.4. The topological polar surface area (TPSA) is 139 Å². The first-order chi connectivity index (χ1) is 7.52. The Morgan fingerprint density at radius 3 is 2.38 bits per heavy atom. The van der Waals surface area contributed by atoms with Crippen LogP contribution in [0.15, 0.2) is 0 Å². The van der Waals surface area contributed by atoms with Crippen molar-refractivity contribution in [2.45, 2.75) is 31.3 Å². The summed E-state index contributed by atoms with van der Waals surface area (Å²) in [5.41, 5.74) is 10.8. The van der Waals surface area contributed by atoms with E-state index >= 15 is 0 Å². The fourth-order valence-corrected chi connectivity index (χ4v) is 1.10. The zero-order valence-electron chi connectivity index (χ0n) is 9.06. The molecule has 7 heteroatoms. The summed E-state index contributed by atoms with van der Waals surface area (Å²) in [4.78, 5) is 21.9. The Morgan fingerprint density at radius 2 is 1.94 bits per heavy atom. The number of aliphatic hydroxyl groups is 1. The van der Waals surface area contributed by atoms with Crippen LogP contribution in [-0.4, -0.2) is 47.3 Å². The smallest absolute Gasteiger partial charge is 0.328 e. The van der Waals surface area contributed by atoms with Crippen LogP contribution in [0.4, 0.5) is 0 Å². The average molecular weight is 233 g/mol. The Balaban J connectivity index is 3.98. The van der Waals surface area contributed by atoms with Crippen molar-refractivity contribution in [3.63, 3.8) is 0 Å². The predicted molar refractivity (Wildman–Crippen MR) is 57.5 cm³/mol. The minimum absolute atomic E-state index is 0.445. The first-order valence-corrected chi connectivity index (χ1v) is 5.12. The molecule has 0 rings (SSSR count). The SMILES string of the molecule is NCCCC[C@@H](N)C(=O)N[C@@H](CO)C(=O)O. The third kappa shape index (κ3) is 5.64. The molecule has 0 aromatic rings. The van der Waals surface area contributed by atoms with Gasteiger partial charge in [-0.25, -0.2) is 4.79 Å². The molecule has 0 aromatic heterocycles. The van der Waals surface area contributed by atoms with Crippen LogP contribution in [0.2, 0.25) is 0 Å². The van der Waals surface area contributed by atoms with Crippen LogP contribution in [0.25, 0.3) is 0 Å². The van der Waals surface area contributed by atoms with Gasteiger partial charge in [0.05, 0.1) is 12.6 Å². The minimum atomic E-state index is -1.30. The summed E-state index contributed by atoms with van der Waals surface area (Å²) in [7, 11) is 0. The van der Waals surface area contributed by atoms with Gasteiger partial charge in [-0.05, 0) is 19.4 Å². The van der Waals surface area contributed by atoms with Crippen LogP contribution >= 0.6 is 0 Å². The molecule has 0 aliphatic rings. The van der Waals surface area contributed by atoms with Gasteiger partial charge in [0.1, 0.15) is 6.04 Å². The second-order valence-corrected chi connectivity index (χ2v) is 3.47. The molecule has 0 radical (unpaired) electrons. The molecule has 0 aliphatic heterocycles. The Bertz CT molecular complexity index is 235. The Hall–Kier alpha value is -1.18. The molecule has 0 spiro atoms. The zero-order chi connectivity index (χ0) is 12.6. The molecule has 0 bridgehead atoms. The number of rotatable bonds is 8. The summed E-state index contributed by atoms with van der Waals surface area (Å²) in [6.07, 6.45) is 1.92. The standard InChI is InChI=1S/C9H19N3O4/c10-4-2-1-3-6(11)8(14)12-7(5-13)9(15)16/h6-7,13H,1-5,10-11H2,(H,12,14)(H,15,16)/t6-,7+/m1/s1. The minimum Gasteiger partial charge on any atom is -0.480 e. The molecule has 0 unspecified atom stereocenters. The van der Waals surface area contributed by atoms with Crippen molar-refractivity contribution in [2.75, 3.05) is 13.2 Å². The van der Waals surface area contributed by atoms with E-state index in [-0.39, 0.29) is 0 Å². The first-order valence-electron chi connectivity index (χ1n) is 5.12. The van der Waals surface area contributed by atoms with E-state index in [4.69, 9.17) is 21.7 Å². The molecule has 2 atom stereocenters. The maximum absolute atomic E-state index is 11.4. The van der Waals surface area contributed by atoms with Gasteiger partial charge in [-0.15, -0.1) is 0 Å². The Kier molecular flexibility index (Phi) is 7.44. The van der Waals surface area contributed by atoms with Gasteiger partial charge in [0.15, 0.2) is 0 Å². The lowest BCUT2D eigenvalue weighted by molar-refractivity contribution is -0.143. The third-order valence-corrected chi connectivity index (χ3v) is 2.10. The highest BCUT2D eigenvalue weighted by Gasteiger charge is 2.21. The lowest BCUT2D eigenvalue weighted by atomic mass is 10.1. The summed E-state index contributed by atoms with van der Waals surface area (Å²) in [5, 5.41) is 19.4. The van der Waals surface area contributed by atoms with E-state index in [1.807, 2.05) is 0 Å². The third-order valence-electron chi connectivity index (χ3n) is 2.10. The number of aliphatic hydroxyl groups excluding tert-OH is 1. The van der Waals surface area contributed by atoms with Crippen LogP contribution in [0, 0.1) is 0 Å². The molecule has 0 saturated carbocycles. The molecule has 1 amide bonds. The number of hydrogen-bond acceptors (Lipinski definition) is 5. The monoisotopic (exact) mass is 233 g/mol. The predicted octanol–water partition coefficient (Wildman–Crippen LogP) is -2.00. The van der Waals surface area contributed by atoms with E-state index in [1.54, 1.807) is 0 Å². The maximum atomic E-state index is 11.4. The van der Waals surface area contributed by atoms with Crippen LogP contribution in [-0.2, 0) is 9.59 Å². The fraction of sp³-hybridized carbons (Fsp3) is 0.778. The number of nitrogens with two attached hydrogens (primary N) is 2. The van der Waals surface area contributed by atoms with E-state index in [1.165, 1.54) is 0 Å². The van der Waals surface area contributed by atoms with Gasteiger partial charge < -0.3 is 27.0 Å². The van der Waals surface area contributed by atoms with Gasteiger partial charge in [-0.3, -0.25) is 4.79 Å². The number of nitrogens with one attached hydrogen (secondary N) is 1. The van der Waals surface area contributed by atoms with Crippen molar-refractivity contribution in [1.82, 2.24) is 5.32 Å². The second kappa shape index (κ2) is 8.03. The largest absolute Gasteiger partial charge is 0.480 e. The molecule has 16 heavy (non-hydrogen) atoms. The molecule has 94 valence electrons. The Labute approximate surface area is 93.8 Å². The van der Waals surface area contributed by atoms with E-state index in [9.17, 15) is 9.59 Å². The summed E-state index contributed by atoms with van der Waals surface area (Å²) >= 11 is 0. The zero-order valence-corrected chi connectivity index (χ0v) is 9.06. The van der Waals surface area contributed by atoms with Gasteiger partial charge in [0.2, 0.25) is 5.91 Å². The molecule has 7 nitrogen and oxygen atoms in total. The van der Waals surface area contributed by atoms with E-state index < -0.39 is 30.6 Å². The average Bonchev–Trinajstić information content (AvgIpc) is 2.25. The second-order valence-electron chi connectivity index (χ2n) is 3.47. The molecule has 0 saturated heterocycles. The summed E-state index contributed by atoms with van der Waals surface area (Å²) in [6, 6.07) is -2.06. The van der Waals surface area contributed by atoms with Crippen molar-refractivity contribution >= 4 is 11.9 Å². The molecule has 0 aromatic carbocycles. The number of hydrogen-bond donors (Lipinski definition) is 5. The molecule has 0 fully saturated rings. The maximum Gasteiger partial charge on any atom is 0.328 e. The van der Waals surface area contributed by atoms with Crippen LogP contribution in [0.5, 0.6) is 0 Å². The number of carboxylic acids is 1. The summed E-state index contributed by atoms with van der Waals surface area (Å²) in [6.45, 7) is -0.126. The van der Waals surface area contributed by atoms with Gasteiger partial charge in [0, 0.05) is 0 Å². The van der Waals surface area contributed by atoms with Crippen molar-refractivity contribution in [3.05, 3.63) is 0 Å². The lowest BCUT2D eigenvalue weighted by Gasteiger charge is -2.15. The van der Waals surface area contributed by atoms with E-state index in [0.717, 1.165) is 6.42 Å². The van der Waals surface area contributed by atoms with Gasteiger partial charge in [0.25, 0.3) is 0 Å². The molecule has 0 heterocycles. The number of carboxylic acid groups (broad SMARTS) is 1. The quantitative estimate of drug-likeness (QED) is 0.307. The number of carbonyl (C=O) groups is 2. The van der Waals surface area contributed by atoms with E-state index in [0.29, 0.717) is 19.4 Å². The van der Waals surface area contributed by atoms with Crippen molar-refractivity contribution in [1.29, 1.82) is 0 Å². The van der Waals surface area contributed by atoms with Crippen LogP contribution in [0.3, 0.4) is 0 Å². The number of carbonyl (C=O) groups excluding carboxylic acids is 1. The van der Waals surface area contributed by atoms with Gasteiger partial charge in [-0.1, -0.05) is 6.42 Å². The highest BCUT2D eigenvalue weighted by Crippen LogP contribution is 1.98. The van der Waals surface area contributed by atoms with Crippen molar-refractivity contribution in [3.8, 4) is 0 Å². The van der Waals surface area contributed by atoms with Crippen LogP contribution in [0.1, 0.15) is 19.3 Å². The molecular weight excluding hydrogens is 214 g/mol. The lowest BCUT2D eigenvalue weighted by Crippen LogP contribution is -2.49. The van der Waals surface area contributed by atoms with Crippen molar-refractivity contribution < 1.29 is 19.8 Å². The van der Waals surface area contributed by atoms with Crippen LogP contribution < -0.4 is 16.8 Å². The number of amides is 1. The fourth-order valence-electron chi connectivity index (χ4n) is 1.10. The normalized spacial score (nSPS) is 14.2. The van der Waals surface area contributed by atoms with E-state index in [2.05, 4.69) is 5.32 Å². The summed E-state index contributed by atoms with van der Waals surface area (Å²) in [5.74, 6) is -1.86. The number of aliphatic carboxylic acids is 1. The molecular formula is C9H19N3O4. The van der Waals surface area contributed by atoms with Crippen molar-refractivity contribution in [2.24, 2.45) is 11.5 Å². The summed E-state index contributed by atoms with van der Waals surface area (Å²) < 4.78 is 0. The first kappa shape index (κ1) is 14.8.